The molecular weight excluding hydrogens is 310 g/mol. The van der Waals surface area contributed by atoms with Crippen LogP contribution in [0.1, 0.15) is 50.0 Å². The Labute approximate surface area is 151 Å². The van der Waals surface area contributed by atoms with E-state index in [1.54, 1.807) is 0 Å². The van der Waals surface area contributed by atoms with Gasteiger partial charge in [-0.1, -0.05) is 42.0 Å². The van der Waals surface area contributed by atoms with Crippen LogP contribution in [-0.4, -0.2) is 38.8 Å². The molecule has 2 aliphatic rings. The molecule has 2 N–H and O–H groups in total. The molecule has 1 aliphatic heterocycles. The van der Waals surface area contributed by atoms with Crippen molar-refractivity contribution in [2.24, 2.45) is 4.99 Å². The first-order chi connectivity index (χ1) is 12.3. The van der Waals surface area contributed by atoms with Gasteiger partial charge in [0.15, 0.2) is 5.96 Å². The number of nitrogens with zero attached hydrogens (tertiary/aromatic N) is 1. The van der Waals surface area contributed by atoms with Gasteiger partial charge in [-0.05, 0) is 50.0 Å². The Morgan fingerprint density at radius 3 is 2.64 bits per heavy atom. The highest BCUT2D eigenvalue weighted by Gasteiger charge is 2.22. The maximum atomic E-state index is 5.36. The fraction of sp³-hybridized carbons (Fsp3) is 0.571. The lowest BCUT2D eigenvalue weighted by Gasteiger charge is -2.30. The van der Waals surface area contributed by atoms with Crippen LogP contribution in [0.4, 0.5) is 0 Å². The Morgan fingerprint density at radius 1 is 1.16 bits per heavy atom. The quantitative estimate of drug-likeness (QED) is 0.488. The highest BCUT2D eigenvalue weighted by atomic mass is 16.5. The van der Waals surface area contributed by atoms with Crippen LogP contribution in [0.15, 0.2) is 47.0 Å². The van der Waals surface area contributed by atoms with E-state index >= 15 is 0 Å². The van der Waals surface area contributed by atoms with Gasteiger partial charge in [0.05, 0.1) is 13.2 Å². The Bertz CT molecular complexity index is 574. The Balaban J connectivity index is 1.38. The minimum absolute atomic E-state index is 0.536. The maximum absolute atomic E-state index is 5.36. The standard InChI is InChI=1S/C21H31N3O/c1-22-21(23-14-11-17-12-15-25-16-13-17)24-20-9-7-19(8-10-20)18-5-3-2-4-6-18/h2-6,12,19-20H,7-11,13-16H2,1H3,(H2,22,23,24). The van der Waals surface area contributed by atoms with E-state index in [0.29, 0.717) is 6.04 Å². The van der Waals surface area contributed by atoms with Crippen molar-refractivity contribution in [3.63, 3.8) is 0 Å². The summed E-state index contributed by atoms with van der Waals surface area (Å²) in [7, 11) is 1.86. The average Bonchev–Trinajstić information content (AvgIpc) is 2.69. The van der Waals surface area contributed by atoms with Crippen LogP contribution in [0, 0.1) is 0 Å². The monoisotopic (exact) mass is 341 g/mol. The Hall–Kier alpha value is -1.81. The molecule has 4 nitrogen and oxygen atoms in total. The lowest BCUT2D eigenvalue weighted by atomic mass is 9.82. The van der Waals surface area contributed by atoms with Crippen LogP contribution < -0.4 is 10.6 Å². The summed E-state index contributed by atoms with van der Waals surface area (Å²) in [6.07, 6.45) is 9.29. The van der Waals surface area contributed by atoms with Crippen LogP contribution in [0.25, 0.3) is 0 Å². The van der Waals surface area contributed by atoms with Crippen molar-refractivity contribution in [3.8, 4) is 0 Å². The highest BCUT2D eigenvalue weighted by molar-refractivity contribution is 5.79. The van der Waals surface area contributed by atoms with Gasteiger partial charge in [0.2, 0.25) is 0 Å². The van der Waals surface area contributed by atoms with Gasteiger partial charge in [-0.25, -0.2) is 0 Å². The lowest BCUT2D eigenvalue weighted by Crippen LogP contribution is -2.45. The molecule has 3 rings (SSSR count). The van der Waals surface area contributed by atoms with Gasteiger partial charge in [-0.15, -0.1) is 0 Å². The smallest absolute Gasteiger partial charge is 0.191 e. The van der Waals surface area contributed by atoms with Crippen LogP contribution in [0.2, 0.25) is 0 Å². The molecule has 0 bridgehead atoms. The maximum Gasteiger partial charge on any atom is 0.191 e. The summed E-state index contributed by atoms with van der Waals surface area (Å²) in [4.78, 5) is 4.39. The third-order valence-corrected chi connectivity index (χ3v) is 5.36. The first-order valence-corrected chi connectivity index (χ1v) is 9.63. The number of aliphatic imine (C=N–C) groups is 1. The van der Waals surface area contributed by atoms with Gasteiger partial charge < -0.3 is 15.4 Å². The van der Waals surface area contributed by atoms with Crippen molar-refractivity contribution in [1.29, 1.82) is 0 Å². The first-order valence-electron chi connectivity index (χ1n) is 9.63. The molecule has 0 amide bonds. The Kier molecular flexibility index (Phi) is 6.92. The SMILES string of the molecule is CN=C(NCCC1=CCOCC1)NC1CCC(c2ccccc2)CC1. The van der Waals surface area contributed by atoms with Gasteiger partial charge in [-0.3, -0.25) is 4.99 Å². The van der Waals surface area contributed by atoms with Crippen LogP contribution in [0.3, 0.4) is 0 Å². The van der Waals surface area contributed by atoms with Crippen molar-refractivity contribution in [2.45, 2.75) is 50.5 Å². The molecule has 1 aromatic carbocycles. The number of guanidine groups is 1. The van der Waals surface area contributed by atoms with Crippen LogP contribution >= 0.6 is 0 Å². The largest absolute Gasteiger partial charge is 0.377 e. The minimum Gasteiger partial charge on any atom is -0.377 e. The molecular formula is C21H31N3O. The van der Waals surface area contributed by atoms with Gasteiger partial charge in [0, 0.05) is 19.6 Å². The zero-order chi connectivity index (χ0) is 17.3. The molecule has 136 valence electrons. The molecule has 0 unspecified atom stereocenters. The van der Waals surface area contributed by atoms with E-state index in [1.807, 2.05) is 7.05 Å². The number of nitrogens with one attached hydrogen (secondary N) is 2. The summed E-state index contributed by atoms with van der Waals surface area (Å²) in [6.45, 7) is 2.57. The zero-order valence-electron chi connectivity index (χ0n) is 15.3. The first kappa shape index (κ1) is 18.0. The molecule has 1 fully saturated rings. The van der Waals surface area contributed by atoms with Crippen molar-refractivity contribution in [1.82, 2.24) is 10.6 Å². The summed E-state index contributed by atoms with van der Waals surface area (Å²) in [5.74, 6) is 1.66. The van der Waals surface area contributed by atoms with Crippen molar-refractivity contribution < 1.29 is 4.74 Å². The molecule has 25 heavy (non-hydrogen) atoms. The van der Waals surface area contributed by atoms with Crippen molar-refractivity contribution >= 4 is 5.96 Å². The summed E-state index contributed by atoms with van der Waals surface area (Å²) in [6, 6.07) is 11.5. The van der Waals surface area contributed by atoms with Gasteiger partial charge in [0.25, 0.3) is 0 Å². The van der Waals surface area contributed by atoms with E-state index in [0.717, 1.165) is 44.5 Å². The van der Waals surface area contributed by atoms with Crippen LogP contribution in [-0.2, 0) is 4.74 Å². The zero-order valence-corrected chi connectivity index (χ0v) is 15.3. The second-order valence-corrected chi connectivity index (χ2v) is 7.04. The van der Waals surface area contributed by atoms with Gasteiger partial charge >= 0.3 is 0 Å². The third kappa shape index (κ3) is 5.60. The molecule has 1 aromatic rings. The van der Waals surface area contributed by atoms with Crippen LogP contribution in [0.5, 0.6) is 0 Å². The van der Waals surface area contributed by atoms with Crippen molar-refractivity contribution in [3.05, 3.63) is 47.5 Å². The Morgan fingerprint density at radius 2 is 1.96 bits per heavy atom. The summed E-state index contributed by atoms with van der Waals surface area (Å²) in [5, 5.41) is 7.07. The topological polar surface area (TPSA) is 45.7 Å². The number of benzene rings is 1. The van der Waals surface area contributed by atoms with E-state index in [9.17, 15) is 0 Å². The minimum atomic E-state index is 0.536. The lowest BCUT2D eigenvalue weighted by molar-refractivity contribution is 0.153. The summed E-state index contributed by atoms with van der Waals surface area (Å²) >= 11 is 0. The van der Waals surface area contributed by atoms with E-state index in [4.69, 9.17) is 4.74 Å². The molecule has 1 heterocycles. The molecule has 0 aromatic heterocycles. The highest BCUT2D eigenvalue weighted by Crippen LogP contribution is 2.32. The fourth-order valence-electron chi connectivity index (χ4n) is 3.82. The number of ether oxygens (including phenoxy) is 1. The molecule has 0 saturated heterocycles. The van der Waals surface area contributed by atoms with E-state index in [1.165, 1.54) is 36.8 Å². The number of hydrogen-bond donors (Lipinski definition) is 2. The second kappa shape index (κ2) is 9.62. The second-order valence-electron chi connectivity index (χ2n) is 7.04. The van der Waals surface area contributed by atoms with E-state index in [-0.39, 0.29) is 0 Å². The summed E-state index contributed by atoms with van der Waals surface area (Å²) < 4.78 is 5.36. The number of rotatable bonds is 5. The van der Waals surface area contributed by atoms with E-state index < -0.39 is 0 Å². The summed E-state index contributed by atoms with van der Waals surface area (Å²) in [5.41, 5.74) is 2.99. The van der Waals surface area contributed by atoms with E-state index in [2.05, 4.69) is 52.0 Å². The molecule has 4 heteroatoms. The van der Waals surface area contributed by atoms with Gasteiger partial charge in [-0.2, -0.15) is 0 Å². The predicted octanol–water partition coefficient (Wildman–Crippen LogP) is 3.61. The molecule has 0 radical (unpaired) electrons. The molecule has 1 aliphatic carbocycles. The molecule has 0 spiro atoms. The fourth-order valence-corrected chi connectivity index (χ4v) is 3.82. The predicted molar refractivity (Wildman–Crippen MR) is 104 cm³/mol. The van der Waals surface area contributed by atoms with Crippen molar-refractivity contribution in [2.75, 3.05) is 26.8 Å². The molecule has 1 saturated carbocycles. The average molecular weight is 341 g/mol. The molecule has 0 atom stereocenters. The normalized spacial score (nSPS) is 24.5. The number of hydrogen-bond acceptors (Lipinski definition) is 2. The van der Waals surface area contributed by atoms with Gasteiger partial charge in [0.1, 0.15) is 0 Å². The third-order valence-electron chi connectivity index (χ3n) is 5.36.